The first-order chi connectivity index (χ1) is 9.10. The number of benzene rings is 2. The van der Waals surface area contributed by atoms with Gasteiger partial charge in [-0.15, -0.1) is 0 Å². The normalized spacial score (nSPS) is 10.2. The number of ether oxygens (including phenoxy) is 1. The highest BCUT2D eigenvalue weighted by atomic mass is 32.1. The van der Waals surface area contributed by atoms with Gasteiger partial charge in [0, 0.05) is 5.56 Å². The molecule has 0 fully saturated rings. The lowest BCUT2D eigenvalue weighted by Gasteiger charge is -2.09. The summed E-state index contributed by atoms with van der Waals surface area (Å²) < 4.78 is 5.73. The largest absolute Gasteiger partial charge is 0.457 e. The molecule has 0 aliphatic heterocycles. The molecular formula is C15H15NO2S. The van der Waals surface area contributed by atoms with E-state index in [1.807, 2.05) is 49.4 Å². The van der Waals surface area contributed by atoms with Crippen LogP contribution in [0.5, 0.6) is 11.5 Å². The maximum Gasteiger partial charge on any atom is 0.127 e. The first kappa shape index (κ1) is 13.5. The Hall–Kier alpha value is -1.91. The summed E-state index contributed by atoms with van der Waals surface area (Å²) in [6.07, 6.45) is 0. The predicted octanol–water partition coefficient (Wildman–Crippen LogP) is 2.91. The van der Waals surface area contributed by atoms with Gasteiger partial charge in [0.25, 0.3) is 0 Å². The number of aryl methyl sites for hydroxylation is 1. The summed E-state index contributed by atoms with van der Waals surface area (Å²) in [6.45, 7) is 1.97. The van der Waals surface area contributed by atoms with Crippen molar-refractivity contribution in [2.45, 2.75) is 13.5 Å². The summed E-state index contributed by atoms with van der Waals surface area (Å²) in [5.41, 5.74) is 8.31. The van der Waals surface area contributed by atoms with E-state index in [2.05, 4.69) is 0 Å². The molecule has 0 saturated heterocycles. The van der Waals surface area contributed by atoms with Crippen molar-refractivity contribution in [1.82, 2.24) is 0 Å². The highest BCUT2D eigenvalue weighted by Gasteiger charge is 2.04. The zero-order chi connectivity index (χ0) is 13.8. The maximum atomic E-state index is 8.97. The van der Waals surface area contributed by atoms with Crippen molar-refractivity contribution < 1.29 is 9.84 Å². The smallest absolute Gasteiger partial charge is 0.127 e. The van der Waals surface area contributed by atoms with Crippen LogP contribution in [-0.4, -0.2) is 10.1 Å². The van der Waals surface area contributed by atoms with Crippen LogP contribution in [0.2, 0.25) is 0 Å². The Morgan fingerprint density at radius 1 is 1.16 bits per heavy atom. The topological polar surface area (TPSA) is 55.5 Å². The van der Waals surface area contributed by atoms with E-state index in [1.165, 1.54) is 0 Å². The van der Waals surface area contributed by atoms with E-state index in [1.54, 1.807) is 0 Å². The van der Waals surface area contributed by atoms with Crippen molar-refractivity contribution in [3.63, 3.8) is 0 Å². The Balaban J connectivity index is 2.18. The molecule has 0 unspecified atom stereocenters. The second kappa shape index (κ2) is 5.82. The van der Waals surface area contributed by atoms with Crippen molar-refractivity contribution in [3.8, 4) is 11.5 Å². The van der Waals surface area contributed by atoms with E-state index in [-0.39, 0.29) is 6.61 Å². The Morgan fingerprint density at radius 3 is 2.32 bits per heavy atom. The minimum absolute atomic E-state index is 0.0298. The summed E-state index contributed by atoms with van der Waals surface area (Å²) in [4.78, 5) is 0.386. The van der Waals surface area contributed by atoms with Crippen molar-refractivity contribution in [1.29, 1.82) is 0 Å². The lowest BCUT2D eigenvalue weighted by atomic mass is 10.1. The van der Waals surface area contributed by atoms with E-state index in [9.17, 15) is 0 Å². The van der Waals surface area contributed by atoms with E-state index in [0.29, 0.717) is 4.99 Å². The molecule has 3 N–H and O–H groups in total. The van der Waals surface area contributed by atoms with Crippen LogP contribution in [0.4, 0.5) is 0 Å². The van der Waals surface area contributed by atoms with E-state index >= 15 is 0 Å². The average Bonchev–Trinajstić information content (AvgIpc) is 2.39. The Labute approximate surface area is 117 Å². The zero-order valence-electron chi connectivity index (χ0n) is 10.6. The van der Waals surface area contributed by atoms with Gasteiger partial charge >= 0.3 is 0 Å². The molecular weight excluding hydrogens is 258 g/mol. The molecule has 0 aliphatic rings. The first-order valence-corrected chi connectivity index (χ1v) is 6.29. The minimum atomic E-state index is 0.0298. The molecule has 2 aromatic carbocycles. The van der Waals surface area contributed by atoms with Gasteiger partial charge in [-0.2, -0.15) is 0 Å². The lowest BCUT2D eigenvalue weighted by molar-refractivity contribution is 0.281. The van der Waals surface area contributed by atoms with Crippen LogP contribution in [0.1, 0.15) is 16.7 Å². The number of rotatable bonds is 4. The Kier molecular flexibility index (Phi) is 4.14. The number of hydrogen-bond acceptors (Lipinski definition) is 3. The minimum Gasteiger partial charge on any atom is -0.457 e. The standard InChI is InChI=1S/C15H15NO2S/c1-10-8-13(6-7-14(10)15(16)19)18-12-4-2-11(9-17)3-5-12/h2-8,17H,9H2,1H3,(H2,16,19). The predicted molar refractivity (Wildman–Crippen MR) is 79.5 cm³/mol. The lowest BCUT2D eigenvalue weighted by Crippen LogP contribution is -2.10. The van der Waals surface area contributed by atoms with Crippen LogP contribution in [0.3, 0.4) is 0 Å². The first-order valence-electron chi connectivity index (χ1n) is 5.88. The van der Waals surface area contributed by atoms with Gasteiger partial charge in [0.1, 0.15) is 16.5 Å². The highest BCUT2D eigenvalue weighted by Crippen LogP contribution is 2.24. The molecule has 0 amide bonds. The van der Waals surface area contributed by atoms with Crippen LogP contribution in [-0.2, 0) is 6.61 Å². The van der Waals surface area contributed by atoms with Gasteiger partial charge in [-0.3, -0.25) is 0 Å². The molecule has 3 nitrogen and oxygen atoms in total. The monoisotopic (exact) mass is 273 g/mol. The fourth-order valence-corrected chi connectivity index (χ4v) is 2.00. The van der Waals surface area contributed by atoms with Crippen molar-refractivity contribution in [2.75, 3.05) is 0 Å². The molecule has 0 aromatic heterocycles. The zero-order valence-corrected chi connectivity index (χ0v) is 11.4. The third-order valence-electron chi connectivity index (χ3n) is 2.80. The van der Waals surface area contributed by atoms with Gasteiger partial charge in [-0.25, -0.2) is 0 Å². The molecule has 0 atom stereocenters. The quantitative estimate of drug-likeness (QED) is 0.841. The molecule has 0 radical (unpaired) electrons. The second-order valence-corrected chi connectivity index (χ2v) is 4.68. The van der Waals surface area contributed by atoms with Crippen LogP contribution >= 0.6 is 12.2 Å². The van der Waals surface area contributed by atoms with E-state index in [4.69, 9.17) is 27.8 Å². The number of hydrogen-bond donors (Lipinski definition) is 2. The van der Waals surface area contributed by atoms with Crippen LogP contribution in [0.15, 0.2) is 42.5 Å². The fraction of sp³-hybridized carbons (Fsp3) is 0.133. The summed E-state index contributed by atoms with van der Waals surface area (Å²) in [7, 11) is 0. The van der Waals surface area contributed by atoms with Crippen LogP contribution < -0.4 is 10.5 Å². The van der Waals surface area contributed by atoms with Gasteiger partial charge in [-0.1, -0.05) is 24.4 Å². The number of thiocarbonyl (C=S) groups is 1. The van der Waals surface area contributed by atoms with Gasteiger partial charge in [0.05, 0.1) is 6.61 Å². The third kappa shape index (κ3) is 3.30. The molecule has 0 aliphatic carbocycles. The van der Waals surface area contributed by atoms with E-state index in [0.717, 1.165) is 28.2 Å². The third-order valence-corrected chi connectivity index (χ3v) is 3.02. The van der Waals surface area contributed by atoms with Crippen molar-refractivity contribution in [3.05, 3.63) is 59.2 Å². The van der Waals surface area contributed by atoms with Gasteiger partial charge in [-0.05, 0) is 48.4 Å². The van der Waals surface area contributed by atoms with Gasteiger partial charge < -0.3 is 15.6 Å². The van der Waals surface area contributed by atoms with Crippen molar-refractivity contribution >= 4 is 17.2 Å². The molecule has 2 aromatic rings. The average molecular weight is 273 g/mol. The second-order valence-electron chi connectivity index (χ2n) is 4.25. The molecule has 0 spiro atoms. The van der Waals surface area contributed by atoms with Crippen molar-refractivity contribution in [2.24, 2.45) is 5.73 Å². The summed E-state index contributed by atoms with van der Waals surface area (Å²) in [6, 6.07) is 12.9. The van der Waals surface area contributed by atoms with Gasteiger partial charge in [0.15, 0.2) is 0 Å². The molecule has 0 heterocycles. The van der Waals surface area contributed by atoms with Crippen LogP contribution in [0, 0.1) is 6.92 Å². The number of aliphatic hydroxyl groups is 1. The molecule has 0 saturated carbocycles. The summed E-state index contributed by atoms with van der Waals surface area (Å²) in [5.74, 6) is 1.45. The number of aliphatic hydroxyl groups excluding tert-OH is 1. The summed E-state index contributed by atoms with van der Waals surface area (Å²) in [5, 5.41) is 8.97. The molecule has 98 valence electrons. The molecule has 4 heteroatoms. The number of nitrogens with two attached hydrogens (primary N) is 1. The Bertz CT molecular complexity index is 594. The molecule has 0 bridgehead atoms. The Morgan fingerprint density at radius 2 is 1.79 bits per heavy atom. The summed E-state index contributed by atoms with van der Waals surface area (Å²) >= 11 is 4.96. The fourth-order valence-electron chi connectivity index (χ4n) is 1.78. The maximum absolute atomic E-state index is 8.97. The SMILES string of the molecule is Cc1cc(Oc2ccc(CO)cc2)ccc1C(N)=S. The van der Waals surface area contributed by atoms with Crippen LogP contribution in [0.25, 0.3) is 0 Å². The highest BCUT2D eigenvalue weighted by molar-refractivity contribution is 7.80. The molecule has 2 rings (SSSR count). The van der Waals surface area contributed by atoms with Gasteiger partial charge in [0.2, 0.25) is 0 Å². The van der Waals surface area contributed by atoms with E-state index < -0.39 is 0 Å². The molecule has 19 heavy (non-hydrogen) atoms.